The van der Waals surface area contributed by atoms with Crippen LogP contribution >= 0.6 is 0 Å². The molecule has 0 radical (unpaired) electrons. The van der Waals surface area contributed by atoms with E-state index in [1.807, 2.05) is 0 Å². The van der Waals surface area contributed by atoms with E-state index < -0.39 is 11.7 Å². The molecule has 6 heteroatoms. The minimum atomic E-state index is -0.516. The number of nitrogens with zero attached hydrogens (tertiary/aromatic N) is 2. The first-order valence-electron chi connectivity index (χ1n) is 7.33. The highest BCUT2D eigenvalue weighted by Crippen LogP contribution is 2.37. The van der Waals surface area contributed by atoms with Gasteiger partial charge in [0.1, 0.15) is 17.5 Å². The first-order chi connectivity index (χ1) is 10.7. The van der Waals surface area contributed by atoms with Gasteiger partial charge in [-0.3, -0.25) is 4.79 Å². The molecule has 0 saturated heterocycles. The Morgan fingerprint density at radius 1 is 1.23 bits per heavy atom. The van der Waals surface area contributed by atoms with Gasteiger partial charge in [0.25, 0.3) is 5.91 Å². The van der Waals surface area contributed by atoms with Gasteiger partial charge >= 0.3 is 0 Å². The molecule has 1 aromatic heterocycles. The van der Waals surface area contributed by atoms with Crippen molar-refractivity contribution >= 4 is 11.7 Å². The van der Waals surface area contributed by atoms with E-state index in [4.69, 9.17) is 0 Å². The van der Waals surface area contributed by atoms with Crippen LogP contribution in [0.15, 0.2) is 36.5 Å². The summed E-state index contributed by atoms with van der Waals surface area (Å²) < 4.78 is 13.4. The third-order valence-electron chi connectivity index (χ3n) is 3.45. The average molecular weight is 300 g/mol. The second-order valence-electron chi connectivity index (χ2n) is 5.24. The fourth-order valence-electron chi connectivity index (χ4n) is 2.12. The van der Waals surface area contributed by atoms with Crippen molar-refractivity contribution in [2.75, 3.05) is 18.4 Å². The normalized spacial score (nSPS) is 13.7. The van der Waals surface area contributed by atoms with Crippen molar-refractivity contribution in [1.82, 2.24) is 15.3 Å². The van der Waals surface area contributed by atoms with Crippen molar-refractivity contribution in [3.63, 3.8) is 0 Å². The van der Waals surface area contributed by atoms with Crippen molar-refractivity contribution in [2.45, 2.75) is 18.8 Å². The SMILES string of the molecule is O=C(NCCNc1ccnc(C2CC2)n1)c1ccccc1F. The Morgan fingerprint density at radius 3 is 2.82 bits per heavy atom. The summed E-state index contributed by atoms with van der Waals surface area (Å²) in [5.41, 5.74) is 0.0561. The highest BCUT2D eigenvalue weighted by molar-refractivity contribution is 5.94. The summed E-state index contributed by atoms with van der Waals surface area (Å²) in [6, 6.07) is 7.72. The van der Waals surface area contributed by atoms with Gasteiger partial charge in [0.2, 0.25) is 0 Å². The maximum atomic E-state index is 13.4. The van der Waals surface area contributed by atoms with Crippen molar-refractivity contribution in [2.24, 2.45) is 0 Å². The topological polar surface area (TPSA) is 66.9 Å². The Morgan fingerprint density at radius 2 is 2.05 bits per heavy atom. The predicted octanol–water partition coefficient (Wildman–Crippen LogP) is 2.33. The second-order valence-corrected chi connectivity index (χ2v) is 5.24. The summed E-state index contributed by atoms with van der Waals surface area (Å²) in [7, 11) is 0. The second kappa shape index (κ2) is 6.51. The van der Waals surface area contributed by atoms with Crippen LogP contribution in [0.2, 0.25) is 0 Å². The van der Waals surface area contributed by atoms with Crippen LogP contribution in [0.1, 0.15) is 34.9 Å². The predicted molar refractivity (Wildman–Crippen MR) is 81.2 cm³/mol. The first kappa shape index (κ1) is 14.4. The van der Waals surface area contributed by atoms with Gasteiger partial charge in [-0.2, -0.15) is 0 Å². The minimum absolute atomic E-state index is 0.0561. The van der Waals surface area contributed by atoms with Crippen LogP contribution in [0, 0.1) is 5.82 Å². The molecule has 2 aromatic rings. The highest BCUT2D eigenvalue weighted by Gasteiger charge is 2.26. The maximum Gasteiger partial charge on any atom is 0.254 e. The number of anilines is 1. The van der Waals surface area contributed by atoms with Gasteiger partial charge in [0.05, 0.1) is 5.56 Å². The fourth-order valence-corrected chi connectivity index (χ4v) is 2.12. The molecule has 5 nitrogen and oxygen atoms in total. The summed E-state index contributed by atoms with van der Waals surface area (Å²) in [6.45, 7) is 0.900. The number of aromatic nitrogens is 2. The van der Waals surface area contributed by atoms with E-state index in [0.717, 1.165) is 24.5 Å². The minimum Gasteiger partial charge on any atom is -0.368 e. The Labute approximate surface area is 128 Å². The zero-order chi connectivity index (χ0) is 15.4. The molecular weight excluding hydrogens is 283 g/mol. The van der Waals surface area contributed by atoms with Gasteiger partial charge in [-0.15, -0.1) is 0 Å². The third kappa shape index (κ3) is 3.58. The van der Waals surface area contributed by atoms with Crippen molar-refractivity contribution in [3.05, 3.63) is 53.7 Å². The smallest absolute Gasteiger partial charge is 0.254 e. The van der Waals surface area contributed by atoms with Gasteiger partial charge < -0.3 is 10.6 Å². The van der Waals surface area contributed by atoms with E-state index in [2.05, 4.69) is 20.6 Å². The first-order valence-corrected chi connectivity index (χ1v) is 7.33. The Hall–Kier alpha value is -2.50. The number of nitrogens with one attached hydrogen (secondary N) is 2. The summed E-state index contributed by atoms with van der Waals surface area (Å²) in [6.07, 6.45) is 4.05. The largest absolute Gasteiger partial charge is 0.368 e. The molecule has 0 aliphatic heterocycles. The molecule has 2 N–H and O–H groups in total. The van der Waals surface area contributed by atoms with Crippen LogP contribution in [-0.4, -0.2) is 29.0 Å². The van der Waals surface area contributed by atoms with Gasteiger partial charge in [0.15, 0.2) is 0 Å². The van der Waals surface area contributed by atoms with Crippen molar-refractivity contribution in [1.29, 1.82) is 0 Å². The van der Waals surface area contributed by atoms with Crippen LogP contribution in [-0.2, 0) is 0 Å². The number of benzene rings is 1. The highest BCUT2D eigenvalue weighted by atomic mass is 19.1. The molecule has 1 fully saturated rings. The number of carbonyl (C=O) groups excluding carboxylic acids is 1. The molecule has 0 atom stereocenters. The number of carbonyl (C=O) groups is 1. The van der Waals surface area contributed by atoms with E-state index >= 15 is 0 Å². The molecule has 1 aliphatic rings. The lowest BCUT2D eigenvalue weighted by atomic mass is 10.2. The van der Waals surface area contributed by atoms with Gasteiger partial charge in [0, 0.05) is 25.2 Å². The lowest BCUT2D eigenvalue weighted by molar-refractivity contribution is 0.0951. The molecule has 0 spiro atoms. The molecule has 1 aliphatic carbocycles. The number of hydrogen-bond donors (Lipinski definition) is 2. The molecule has 1 amide bonds. The number of halogens is 1. The number of rotatable bonds is 6. The molecule has 0 bridgehead atoms. The van der Waals surface area contributed by atoms with Crippen LogP contribution < -0.4 is 10.6 Å². The van der Waals surface area contributed by atoms with Crippen molar-refractivity contribution in [3.8, 4) is 0 Å². The molecular formula is C16H17FN4O. The summed E-state index contributed by atoms with van der Waals surface area (Å²) in [5.74, 6) is 1.19. The molecule has 3 rings (SSSR count). The number of hydrogen-bond acceptors (Lipinski definition) is 4. The zero-order valence-corrected chi connectivity index (χ0v) is 12.1. The van der Waals surface area contributed by atoms with Gasteiger partial charge in [-0.05, 0) is 31.0 Å². The van der Waals surface area contributed by atoms with Gasteiger partial charge in [-0.1, -0.05) is 12.1 Å². The Bertz CT molecular complexity index is 673. The molecule has 22 heavy (non-hydrogen) atoms. The summed E-state index contributed by atoms with van der Waals surface area (Å²) >= 11 is 0. The average Bonchev–Trinajstić information content (AvgIpc) is 3.37. The lowest BCUT2D eigenvalue weighted by Gasteiger charge is -2.08. The van der Waals surface area contributed by atoms with Crippen LogP contribution in [0.3, 0.4) is 0 Å². The molecule has 1 aromatic carbocycles. The van der Waals surface area contributed by atoms with E-state index in [1.54, 1.807) is 24.4 Å². The van der Waals surface area contributed by atoms with E-state index in [0.29, 0.717) is 19.0 Å². The molecule has 1 heterocycles. The number of amides is 1. The fraction of sp³-hybridized carbons (Fsp3) is 0.312. The van der Waals surface area contributed by atoms with Crippen LogP contribution in [0.4, 0.5) is 10.2 Å². The Balaban J connectivity index is 1.46. The molecule has 0 unspecified atom stereocenters. The van der Waals surface area contributed by atoms with Gasteiger partial charge in [-0.25, -0.2) is 14.4 Å². The molecule has 1 saturated carbocycles. The van der Waals surface area contributed by atoms with E-state index in [1.165, 1.54) is 12.1 Å². The van der Waals surface area contributed by atoms with Crippen LogP contribution in [0.25, 0.3) is 0 Å². The summed E-state index contributed by atoms with van der Waals surface area (Å²) in [4.78, 5) is 20.5. The quantitative estimate of drug-likeness (QED) is 0.804. The zero-order valence-electron chi connectivity index (χ0n) is 12.1. The summed E-state index contributed by atoms with van der Waals surface area (Å²) in [5, 5.41) is 5.80. The van der Waals surface area contributed by atoms with E-state index in [-0.39, 0.29) is 5.56 Å². The third-order valence-corrected chi connectivity index (χ3v) is 3.45. The standard InChI is InChI=1S/C16H17FN4O/c17-13-4-2-1-3-12(13)16(22)20-10-9-18-14-7-8-19-15(21-14)11-5-6-11/h1-4,7-8,11H,5-6,9-10H2,(H,20,22)(H,18,19,21). The molecule has 114 valence electrons. The maximum absolute atomic E-state index is 13.4. The van der Waals surface area contributed by atoms with Crippen molar-refractivity contribution < 1.29 is 9.18 Å². The Kier molecular flexibility index (Phi) is 4.27. The lowest BCUT2D eigenvalue weighted by Crippen LogP contribution is -2.29. The van der Waals surface area contributed by atoms with E-state index in [9.17, 15) is 9.18 Å². The monoisotopic (exact) mass is 300 g/mol. The van der Waals surface area contributed by atoms with Crippen LogP contribution in [0.5, 0.6) is 0 Å².